The summed E-state index contributed by atoms with van der Waals surface area (Å²) in [6, 6.07) is 0. The van der Waals surface area contributed by atoms with Crippen LogP contribution in [0.2, 0.25) is 0 Å². The van der Waals surface area contributed by atoms with Crippen LogP contribution >= 0.6 is 0 Å². The second-order valence-electron chi connectivity index (χ2n) is 7.63. The zero-order chi connectivity index (χ0) is 14.4. The van der Waals surface area contributed by atoms with Crippen LogP contribution in [0.25, 0.3) is 0 Å². The van der Waals surface area contributed by atoms with E-state index in [0.717, 1.165) is 43.4 Å². The fourth-order valence-electron chi connectivity index (χ4n) is 4.64. The van der Waals surface area contributed by atoms with Gasteiger partial charge in [0.1, 0.15) is 5.67 Å². The van der Waals surface area contributed by atoms with Gasteiger partial charge < -0.3 is 0 Å². The van der Waals surface area contributed by atoms with Gasteiger partial charge in [0.05, 0.1) is 0 Å². The van der Waals surface area contributed by atoms with E-state index in [-0.39, 0.29) is 0 Å². The molecule has 2 saturated carbocycles. The van der Waals surface area contributed by atoms with Crippen molar-refractivity contribution < 1.29 is 4.39 Å². The lowest BCUT2D eigenvalue weighted by Gasteiger charge is -2.40. The van der Waals surface area contributed by atoms with E-state index >= 15 is 0 Å². The number of rotatable bonds is 6. The predicted octanol–water partition coefficient (Wildman–Crippen LogP) is 6.68. The number of hydrogen-bond donors (Lipinski definition) is 0. The van der Waals surface area contributed by atoms with Crippen molar-refractivity contribution in [1.29, 1.82) is 0 Å². The van der Waals surface area contributed by atoms with Crippen molar-refractivity contribution in [2.45, 2.75) is 103 Å². The molecule has 0 saturated heterocycles. The van der Waals surface area contributed by atoms with Gasteiger partial charge in [0.25, 0.3) is 0 Å². The molecule has 2 rings (SSSR count). The van der Waals surface area contributed by atoms with E-state index in [2.05, 4.69) is 13.8 Å². The number of alkyl halides is 1. The topological polar surface area (TPSA) is 0 Å². The molecular weight excluding hydrogens is 247 g/mol. The molecule has 0 atom stereocenters. The van der Waals surface area contributed by atoms with Crippen molar-refractivity contribution in [3.05, 3.63) is 0 Å². The zero-order valence-corrected chi connectivity index (χ0v) is 13.8. The zero-order valence-electron chi connectivity index (χ0n) is 13.8. The first-order chi connectivity index (χ1) is 9.67. The largest absolute Gasteiger partial charge is 0.244 e. The average Bonchev–Trinajstić information content (AvgIpc) is 2.48. The molecule has 0 aromatic carbocycles. The maximum atomic E-state index is 14.8. The lowest BCUT2D eigenvalue weighted by atomic mass is 9.67. The van der Waals surface area contributed by atoms with Crippen molar-refractivity contribution in [1.82, 2.24) is 0 Å². The van der Waals surface area contributed by atoms with Crippen molar-refractivity contribution >= 4 is 0 Å². The number of unbranched alkanes of at least 4 members (excludes halogenated alkanes) is 2. The van der Waals surface area contributed by atoms with Crippen LogP contribution in [-0.4, -0.2) is 5.67 Å². The minimum absolute atomic E-state index is 0.799. The summed E-state index contributed by atoms with van der Waals surface area (Å²) < 4.78 is 14.8. The standard InChI is InChI=1S/C19H35F/c1-3-5-6-13-19(20)14-11-18(12-15-19)17-9-7-16(4-2)8-10-17/h16-18H,3-15H2,1-2H3/t16?,17?,18-,19+. The van der Waals surface area contributed by atoms with E-state index in [1.165, 1.54) is 57.8 Å². The third-order valence-electron chi connectivity index (χ3n) is 6.29. The smallest absolute Gasteiger partial charge is 0.111 e. The molecule has 20 heavy (non-hydrogen) atoms. The maximum Gasteiger partial charge on any atom is 0.111 e. The molecule has 0 bridgehead atoms. The van der Waals surface area contributed by atoms with Crippen LogP contribution in [0.5, 0.6) is 0 Å². The molecule has 2 aliphatic rings. The van der Waals surface area contributed by atoms with Crippen LogP contribution in [0, 0.1) is 17.8 Å². The second kappa shape index (κ2) is 7.80. The van der Waals surface area contributed by atoms with Crippen molar-refractivity contribution in [2.75, 3.05) is 0 Å². The summed E-state index contributed by atoms with van der Waals surface area (Å²) in [4.78, 5) is 0. The van der Waals surface area contributed by atoms with E-state index in [1.807, 2.05) is 0 Å². The molecule has 0 nitrogen and oxygen atoms in total. The molecule has 0 radical (unpaired) electrons. The predicted molar refractivity (Wildman–Crippen MR) is 85.7 cm³/mol. The Morgan fingerprint density at radius 2 is 1.45 bits per heavy atom. The summed E-state index contributed by atoms with van der Waals surface area (Å²) in [6.45, 7) is 4.54. The van der Waals surface area contributed by atoms with Gasteiger partial charge in [-0.05, 0) is 62.7 Å². The highest BCUT2D eigenvalue weighted by molar-refractivity contribution is 4.89. The first-order valence-electron chi connectivity index (χ1n) is 9.35. The first kappa shape index (κ1) is 16.3. The van der Waals surface area contributed by atoms with Crippen LogP contribution in [0.4, 0.5) is 4.39 Å². The molecule has 0 unspecified atom stereocenters. The summed E-state index contributed by atoms with van der Waals surface area (Å²) >= 11 is 0. The van der Waals surface area contributed by atoms with Gasteiger partial charge in [-0.3, -0.25) is 0 Å². The van der Waals surface area contributed by atoms with Gasteiger partial charge in [-0.15, -0.1) is 0 Å². The van der Waals surface area contributed by atoms with Crippen LogP contribution in [0.3, 0.4) is 0 Å². The Morgan fingerprint density at radius 3 is 2.00 bits per heavy atom. The van der Waals surface area contributed by atoms with Crippen molar-refractivity contribution in [3.63, 3.8) is 0 Å². The van der Waals surface area contributed by atoms with Crippen LogP contribution in [0.15, 0.2) is 0 Å². The molecule has 0 N–H and O–H groups in total. The minimum Gasteiger partial charge on any atom is -0.244 e. The fourth-order valence-corrected chi connectivity index (χ4v) is 4.64. The lowest BCUT2D eigenvalue weighted by molar-refractivity contribution is 0.0459. The Hall–Kier alpha value is -0.0700. The van der Waals surface area contributed by atoms with E-state index in [4.69, 9.17) is 0 Å². The SMILES string of the molecule is CCCCC[C@]1(F)CC[C@@H](C2CCC(CC)CC2)CC1. The van der Waals surface area contributed by atoms with E-state index in [9.17, 15) is 4.39 Å². The molecule has 0 aliphatic heterocycles. The molecule has 118 valence electrons. The van der Waals surface area contributed by atoms with Gasteiger partial charge in [-0.2, -0.15) is 0 Å². The quantitative estimate of drug-likeness (QED) is 0.476. The highest BCUT2D eigenvalue weighted by Gasteiger charge is 2.37. The number of halogens is 1. The van der Waals surface area contributed by atoms with Gasteiger partial charge in [0.15, 0.2) is 0 Å². The average molecular weight is 282 g/mol. The number of hydrogen-bond acceptors (Lipinski definition) is 0. The molecule has 0 aromatic rings. The van der Waals surface area contributed by atoms with Gasteiger partial charge in [0, 0.05) is 0 Å². The maximum absolute atomic E-state index is 14.8. The molecule has 2 fully saturated rings. The summed E-state index contributed by atoms with van der Waals surface area (Å²) in [5.41, 5.74) is -0.799. The van der Waals surface area contributed by atoms with E-state index < -0.39 is 5.67 Å². The lowest BCUT2D eigenvalue weighted by Crippen LogP contribution is -2.33. The summed E-state index contributed by atoms with van der Waals surface area (Å²) in [7, 11) is 0. The normalized spacial score (nSPS) is 38.9. The Labute approximate surface area is 125 Å². The first-order valence-corrected chi connectivity index (χ1v) is 9.35. The van der Waals surface area contributed by atoms with E-state index in [1.54, 1.807) is 0 Å². The molecular formula is C19H35F. The van der Waals surface area contributed by atoms with Crippen molar-refractivity contribution in [2.24, 2.45) is 17.8 Å². The van der Waals surface area contributed by atoms with Crippen molar-refractivity contribution in [3.8, 4) is 0 Å². The van der Waals surface area contributed by atoms with Crippen LogP contribution in [-0.2, 0) is 0 Å². The highest BCUT2D eigenvalue weighted by Crippen LogP contribution is 2.45. The van der Waals surface area contributed by atoms with Gasteiger partial charge in [-0.25, -0.2) is 4.39 Å². The fraction of sp³-hybridized carbons (Fsp3) is 1.00. The van der Waals surface area contributed by atoms with Gasteiger partial charge in [0.2, 0.25) is 0 Å². The Bertz CT molecular complexity index is 257. The van der Waals surface area contributed by atoms with E-state index in [0.29, 0.717) is 0 Å². The third kappa shape index (κ3) is 4.46. The summed E-state index contributed by atoms with van der Waals surface area (Å²) in [5, 5.41) is 0. The second-order valence-corrected chi connectivity index (χ2v) is 7.63. The third-order valence-corrected chi connectivity index (χ3v) is 6.29. The minimum atomic E-state index is -0.799. The Morgan fingerprint density at radius 1 is 0.850 bits per heavy atom. The summed E-state index contributed by atoms with van der Waals surface area (Å²) in [5.74, 6) is 2.77. The van der Waals surface area contributed by atoms with Crippen LogP contribution in [0.1, 0.15) is 97.3 Å². The summed E-state index contributed by atoms with van der Waals surface area (Å²) in [6.07, 6.45) is 15.5. The Balaban J connectivity index is 1.71. The van der Waals surface area contributed by atoms with Gasteiger partial charge in [-0.1, -0.05) is 52.4 Å². The monoisotopic (exact) mass is 282 g/mol. The molecule has 0 amide bonds. The van der Waals surface area contributed by atoms with Crippen LogP contribution < -0.4 is 0 Å². The Kier molecular flexibility index (Phi) is 6.36. The molecule has 1 heteroatoms. The van der Waals surface area contributed by atoms with Gasteiger partial charge >= 0.3 is 0 Å². The molecule has 2 aliphatic carbocycles. The highest BCUT2D eigenvalue weighted by atomic mass is 19.1. The molecule has 0 aromatic heterocycles. The molecule has 0 heterocycles. The molecule has 0 spiro atoms.